The molecule has 4 bridgehead atoms. The van der Waals surface area contributed by atoms with E-state index in [1.165, 1.54) is 56.7 Å². The monoisotopic (exact) mass is 291 g/mol. The lowest BCUT2D eigenvalue weighted by Crippen LogP contribution is -2.61. The Labute approximate surface area is 125 Å². The third-order valence-electron chi connectivity index (χ3n) is 6.02. The van der Waals surface area contributed by atoms with Gasteiger partial charge < -0.3 is 5.32 Å². The molecule has 0 spiro atoms. The zero-order chi connectivity index (χ0) is 14.7. The van der Waals surface area contributed by atoms with E-state index in [1.807, 2.05) is 0 Å². The van der Waals surface area contributed by atoms with Crippen molar-refractivity contribution in [1.29, 1.82) is 0 Å². The van der Waals surface area contributed by atoms with Crippen molar-refractivity contribution in [2.45, 2.75) is 57.5 Å². The highest BCUT2D eigenvalue weighted by atomic mass is 19.1. The molecule has 0 amide bonds. The Bertz CT molecular complexity index is 554. The Morgan fingerprint density at radius 3 is 2.52 bits per heavy atom. The van der Waals surface area contributed by atoms with E-state index in [0.717, 1.165) is 11.8 Å². The van der Waals surface area contributed by atoms with Gasteiger partial charge in [-0.3, -0.25) is 0 Å². The normalized spacial score (nSPS) is 40.7. The van der Waals surface area contributed by atoms with Crippen molar-refractivity contribution >= 4 is 0 Å². The van der Waals surface area contributed by atoms with E-state index in [1.54, 1.807) is 0 Å². The molecule has 2 atom stereocenters. The number of hydrogen-bond acceptors (Lipinski definition) is 1. The average Bonchev–Trinajstić information content (AvgIpc) is 2.37. The molecule has 21 heavy (non-hydrogen) atoms. The highest BCUT2D eigenvalue weighted by Crippen LogP contribution is 2.61. The SMILES string of the molecule is CC12CC3CC(C1)CC(NCc1cc(F)ccc1F)(C3)C2. The van der Waals surface area contributed by atoms with Gasteiger partial charge in [0.2, 0.25) is 0 Å². The van der Waals surface area contributed by atoms with E-state index in [9.17, 15) is 8.78 Å². The van der Waals surface area contributed by atoms with Gasteiger partial charge in [-0.15, -0.1) is 0 Å². The Hall–Kier alpha value is -0.960. The van der Waals surface area contributed by atoms with Gasteiger partial charge in [0.05, 0.1) is 0 Å². The molecule has 0 heterocycles. The van der Waals surface area contributed by atoms with Crippen LogP contribution < -0.4 is 5.32 Å². The quantitative estimate of drug-likeness (QED) is 0.869. The van der Waals surface area contributed by atoms with Crippen LogP contribution in [-0.2, 0) is 6.54 Å². The summed E-state index contributed by atoms with van der Waals surface area (Å²) in [6.45, 7) is 2.86. The summed E-state index contributed by atoms with van der Waals surface area (Å²) in [4.78, 5) is 0. The van der Waals surface area contributed by atoms with Gasteiger partial charge in [-0.2, -0.15) is 0 Å². The second kappa shape index (κ2) is 4.52. The Balaban J connectivity index is 1.53. The van der Waals surface area contributed by atoms with E-state index in [2.05, 4.69) is 12.2 Å². The van der Waals surface area contributed by atoms with Crippen molar-refractivity contribution in [3.63, 3.8) is 0 Å². The van der Waals surface area contributed by atoms with E-state index in [4.69, 9.17) is 0 Å². The summed E-state index contributed by atoms with van der Waals surface area (Å²) in [6.07, 6.45) is 7.74. The molecule has 3 heteroatoms. The minimum atomic E-state index is -0.356. The number of hydrogen-bond donors (Lipinski definition) is 1. The Kier molecular flexibility index (Phi) is 2.94. The van der Waals surface area contributed by atoms with Crippen molar-refractivity contribution in [2.75, 3.05) is 0 Å². The molecule has 4 saturated carbocycles. The fourth-order valence-corrected chi connectivity index (χ4v) is 5.89. The van der Waals surface area contributed by atoms with E-state index < -0.39 is 0 Å². The van der Waals surface area contributed by atoms with E-state index in [-0.39, 0.29) is 17.2 Å². The van der Waals surface area contributed by atoms with Crippen molar-refractivity contribution < 1.29 is 8.78 Å². The second-order valence-electron chi connectivity index (χ2n) is 8.14. The molecule has 0 radical (unpaired) electrons. The van der Waals surface area contributed by atoms with Crippen LogP contribution in [0.3, 0.4) is 0 Å². The lowest BCUT2D eigenvalue weighted by molar-refractivity contribution is -0.0727. The molecule has 4 fully saturated rings. The van der Waals surface area contributed by atoms with E-state index >= 15 is 0 Å². The van der Waals surface area contributed by atoms with Crippen molar-refractivity contribution in [3.8, 4) is 0 Å². The molecule has 1 aromatic rings. The fourth-order valence-electron chi connectivity index (χ4n) is 5.89. The third kappa shape index (κ3) is 2.40. The molecule has 0 aliphatic heterocycles. The maximum atomic E-state index is 13.8. The van der Waals surface area contributed by atoms with Crippen LogP contribution in [0.1, 0.15) is 51.0 Å². The van der Waals surface area contributed by atoms with Gasteiger partial charge in [0.25, 0.3) is 0 Å². The van der Waals surface area contributed by atoms with Gasteiger partial charge in [-0.1, -0.05) is 6.92 Å². The van der Waals surface area contributed by atoms with Gasteiger partial charge in [0.15, 0.2) is 0 Å². The predicted octanol–water partition coefficient (Wildman–Crippen LogP) is 4.41. The predicted molar refractivity (Wildman–Crippen MR) is 78.7 cm³/mol. The molecule has 1 nitrogen and oxygen atoms in total. The average molecular weight is 291 g/mol. The minimum absolute atomic E-state index is 0.164. The largest absolute Gasteiger partial charge is 0.307 e. The van der Waals surface area contributed by atoms with Gasteiger partial charge in [-0.05, 0) is 74.0 Å². The van der Waals surface area contributed by atoms with Crippen LogP contribution in [-0.4, -0.2) is 5.54 Å². The first-order valence-electron chi connectivity index (χ1n) is 8.14. The van der Waals surface area contributed by atoms with Crippen LogP contribution in [0.2, 0.25) is 0 Å². The molecule has 0 saturated heterocycles. The number of halogens is 2. The molecule has 1 aromatic carbocycles. The van der Waals surface area contributed by atoms with Crippen LogP contribution in [0.4, 0.5) is 8.78 Å². The lowest BCUT2D eigenvalue weighted by Gasteiger charge is -2.61. The Morgan fingerprint density at radius 2 is 1.86 bits per heavy atom. The summed E-state index contributed by atoms with van der Waals surface area (Å²) in [5.41, 5.74) is 1.09. The van der Waals surface area contributed by atoms with Crippen molar-refractivity contribution in [1.82, 2.24) is 5.32 Å². The van der Waals surface area contributed by atoms with Crippen LogP contribution in [0.5, 0.6) is 0 Å². The van der Waals surface area contributed by atoms with Crippen molar-refractivity contribution in [2.24, 2.45) is 17.3 Å². The lowest BCUT2D eigenvalue weighted by atomic mass is 9.47. The Morgan fingerprint density at radius 1 is 1.14 bits per heavy atom. The molecule has 114 valence electrons. The van der Waals surface area contributed by atoms with Crippen LogP contribution in [0.25, 0.3) is 0 Å². The maximum Gasteiger partial charge on any atom is 0.127 e. The molecule has 4 aliphatic rings. The first-order valence-corrected chi connectivity index (χ1v) is 8.14. The van der Waals surface area contributed by atoms with Gasteiger partial charge in [0, 0.05) is 17.6 Å². The van der Waals surface area contributed by atoms with E-state index in [0.29, 0.717) is 17.5 Å². The minimum Gasteiger partial charge on any atom is -0.307 e. The molecule has 0 aromatic heterocycles. The molecule has 4 aliphatic carbocycles. The maximum absolute atomic E-state index is 13.8. The zero-order valence-electron chi connectivity index (χ0n) is 12.6. The van der Waals surface area contributed by atoms with Crippen LogP contribution >= 0.6 is 0 Å². The summed E-state index contributed by atoms with van der Waals surface area (Å²) >= 11 is 0. The van der Waals surface area contributed by atoms with Gasteiger partial charge in [0.1, 0.15) is 11.6 Å². The summed E-state index contributed by atoms with van der Waals surface area (Å²) in [7, 11) is 0. The summed E-state index contributed by atoms with van der Waals surface area (Å²) in [6, 6.07) is 3.74. The highest BCUT2D eigenvalue weighted by Gasteiger charge is 2.55. The fraction of sp³-hybridized carbons (Fsp3) is 0.667. The number of nitrogens with one attached hydrogen (secondary N) is 1. The first kappa shape index (κ1) is 13.7. The van der Waals surface area contributed by atoms with Gasteiger partial charge in [-0.25, -0.2) is 8.78 Å². The summed E-state index contributed by atoms with van der Waals surface area (Å²) in [5, 5.41) is 3.63. The molecule has 5 rings (SSSR count). The number of rotatable bonds is 3. The standard InChI is InChI=1S/C18H23F2N/c1-17-6-12-4-13(7-17)9-18(8-12,11-17)21-10-14-5-15(19)2-3-16(14)20/h2-3,5,12-13,21H,4,6-11H2,1H3. The second-order valence-corrected chi connectivity index (χ2v) is 8.14. The molecule has 1 N–H and O–H groups in total. The topological polar surface area (TPSA) is 12.0 Å². The first-order chi connectivity index (χ1) is 9.95. The summed E-state index contributed by atoms with van der Waals surface area (Å²) < 4.78 is 27.1. The smallest absolute Gasteiger partial charge is 0.127 e. The highest BCUT2D eigenvalue weighted by molar-refractivity contribution is 5.20. The van der Waals surface area contributed by atoms with Crippen LogP contribution in [0, 0.1) is 28.9 Å². The summed E-state index contributed by atoms with van der Waals surface area (Å²) in [5.74, 6) is 1.01. The zero-order valence-corrected chi connectivity index (χ0v) is 12.6. The third-order valence-corrected chi connectivity index (χ3v) is 6.02. The molecule has 2 unspecified atom stereocenters. The molecular weight excluding hydrogens is 268 g/mol. The van der Waals surface area contributed by atoms with Crippen molar-refractivity contribution in [3.05, 3.63) is 35.4 Å². The van der Waals surface area contributed by atoms with Gasteiger partial charge >= 0.3 is 0 Å². The van der Waals surface area contributed by atoms with Crippen LogP contribution in [0.15, 0.2) is 18.2 Å². The molecular formula is C18H23F2N. The number of benzene rings is 1.